The average molecular weight is 243 g/mol. The lowest BCUT2D eigenvalue weighted by Crippen LogP contribution is -2.42. The molecule has 2 rings (SSSR count). The summed E-state index contributed by atoms with van der Waals surface area (Å²) in [4.78, 5) is 0. The maximum absolute atomic E-state index is 8.91. The van der Waals surface area contributed by atoms with Crippen molar-refractivity contribution in [3.63, 3.8) is 0 Å². The fourth-order valence-electron chi connectivity index (χ4n) is 2.48. The van der Waals surface area contributed by atoms with Crippen molar-refractivity contribution < 1.29 is 0 Å². The second-order valence-corrected chi connectivity index (χ2v) is 5.59. The predicted molar refractivity (Wildman–Crippen MR) is 74.6 cm³/mol. The monoisotopic (exact) mass is 243 g/mol. The summed E-state index contributed by atoms with van der Waals surface area (Å²) in [5.74, 6) is 0. The van der Waals surface area contributed by atoms with E-state index in [0.717, 1.165) is 36.4 Å². The molecule has 96 valence electrons. The number of nitrogens with zero attached hydrogens (tertiary/aromatic N) is 1. The van der Waals surface area contributed by atoms with Crippen LogP contribution in [0.25, 0.3) is 0 Å². The highest BCUT2D eigenvalue weighted by atomic mass is 14.9. The van der Waals surface area contributed by atoms with Crippen LogP contribution in [0.2, 0.25) is 0 Å². The van der Waals surface area contributed by atoms with E-state index >= 15 is 0 Å². The first-order valence-electron chi connectivity index (χ1n) is 6.58. The van der Waals surface area contributed by atoms with E-state index in [0.29, 0.717) is 5.41 Å². The van der Waals surface area contributed by atoms with Gasteiger partial charge in [-0.25, -0.2) is 0 Å². The Morgan fingerprint density at radius 3 is 2.94 bits per heavy atom. The number of aryl methyl sites for hydroxylation is 1. The molecule has 3 heteroatoms. The van der Waals surface area contributed by atoms with Gasteiger partial charge in [0.25, 0.3) is 0 Å². The second-order valence-electron chi connectivity index (χ2n) is 5.59. The molecular formula is C15H21N3. The van der Waals surface area contributed by atoms with Gasteiger partial charge in [-0.2, -0.15) is 5.26 Å². The summed E-state index contributed by atoms with van der Waals surface area (Å²) in [6.07, 6.45) is 2.52. The third-order valence-corrected chi connectivity index (χ3v) is 3.75. The van der Waals surface area contributed by atoms with Gasteiger partial charge in [-0.1, -0.05) is 6.92 Å². The van der Waals surface area contributed by atoms with Gasteiger partial charge in [-0.05, 0) is 55.5 Å². The van der Waals surface area contributed by atoms with Crippen molar-refractivity contribution in [2.45, 2.75) is 26.7 Å². The molecule has 1 aliphatic heterocycles. The Hall–Kier alpha value is -1.53. The molecule has 0 aliphatic carbocycles. The SMILES string of the molecule is Cc1cc(NCC2(C)CCCNC2)ccc1C#N. The predicted octanol–water partition coefficient (Wildman–Crippen LogP) is 2.67. The van der Waals surface area contributed by atoms with E-state index in [1.807, 2.05) is 19.1 Å². The molecule has 0 aromatic heterocycles. The standard InChI is InChI=1S/C15H21N3/c1-12-8-14(5-4-13(12)9-16)18-11-15(2)6-3-7-17-10-15/h4-5,8,17-18H,3,6-7,10-11H2,1-2H3. The van der Waals surface area contributed by atoms with Gasteiger partial charge in [-0.15, -0.1) is 0 Å². The fourth-order valence-corrected chi connectivity index (χ4v) is 2.48. The Bertz CT molecular complexity index is 453. The van der Waals surface area contributed by atoms with Crippen LogP contribution < -0.4 is 10.6 Å². The van der Waals surface area contributed by atoms with Crippen LogP contribution in [-0.4, -0.2) is 19.6 Å². The number of nitrogens with one attached hydrogen (secondary N) is 2. The van der Waals surface area contributed by atoms with E-state index in [-0.39, 0.29) is 0 Å². The number of anilines is 1. The first-order valence-corrected chi connectivity index (χ1v) is 6.58. The molecule has 18 heavy (non-hydrogen) atoms. The Kier molecular flexibility index (Phi) is 3.88. The van der Waals surface area contributed by atoms with Crippen LogP contribution in [0.5, 0.6) is 0 Å². The summed E-state index contributed by atoms with van der Waals surface area (Å²) >= 11 is 0. The van der Waals surface area contributed by atoms with Gasteiger partial charge in [0.15, 0.2) is 0 Å². The zero-order valence-electron chi connectivity index (χ0n) is 11.2. The summed E-state index contributed by atoms with van der Waals surface area (Å²) in [6.45, 7) is 7.50. The van der Waals surface area contributed by atoms with Gasteiger partial charge >= 0.3 is 0 Å². The zero-order chi connectivity index (χ0) is 13.0. The van der Waals surface area contributed by atoms with Crippen molar-refractivity contribution in [3.05, 3.63) is 29.3 Å². The van der Waals surface area contributed by atoms with Crippen molar-refractivity contribution in [2.24, 2.45) is 5.41 Å². The van der Waals surface area contributed by atoms with Crippen LogP contribution >= 0.6 is 0 Å². The molecule has 1 unspecified atom stereocenters. The van der Waals surface area contributed by atoms with E-state index in [4.69, 9.17) is 5.26 Å². The average Bonchev–Trinajstić information content (AvgIpc) is 2.38. The van der Waals surface area contributed by atoms with E-state index in [1.165, 1.54) is 12.8 Å². The molecule has 1 atom stereocenters. The minimum atomic E-state index is 0.333. The number of hydrogen-bond acceptors (Lipinski definition) is 3. The maximum Gasteiger partial charge on any atom is 0.0994 e. The first-order chi connectivity index (χ1) is 8.63. The topological polar surface area (TPSA) is 47.8 Å². The number of rotatable bonds is 3. The number of benzene rings is 1. The normalized spacial score (nSPS) is 23.4. The summed E-state index contributed by atoms with van der Waals surface area (Å²) in [5.41, 5.74) is 3.24. The first kappa shape index (κ1) is 12.9. The van der Waals surface area contributed by atoms with Crippen LogP contribution in [0.1, 0.15) is 30.9 Å². The molecule has 1 aromatic carbocycles. The van der Waals surface area contributed by atoms with Crippen molar-refractivity contribution in [3.8, 4) is 6.07 Å². The van der Waals surface area contributed by atoms with Crippen molar-refractivity contribution >= 4 is 5.69 Å². The van der Waals surface area contributed by atoms with Gasteiger partial charge in [0, 0.05) is 18.8 Å². The number of hydrogen-bond donors (Lipinski definition) is 2. The highest BCUT2D eigenvalue weighted by molar-refractivity contribution is 5.51. The molecule has 0 radical (unpaired) electrons. The minimum Gasteiger partial charge on any atom is -0.384 e. The lowest BCUT2D eigenvalue weighted by molar-refractivity contribution is 0.253. The molecule has 1 fully saturated rings. The van der Waals surface area contributed by atoms with Crippen LogP contribution in [0.15, 0.2) is 18.2 Å². The quantitative estimate of drug-likeness (QED) is 0.858. The van der Waals surface area contributed by atoms with Crippen LogP contribution in [0, 0.1) is 23.7 Å². The molecule has 1 saturated heterocycles. The van der Waals surface area contributed by atoms with Gasteiger partial charge in [0.1, 0.15) is 0 Å². The van der Waals surface area contributed by atoms with Crippen molar-refractivity contribution in [1.82, 2.24) is 5.32 Å². The number of piperidine rings is 1. The highest BCUT2D eigenvalue weighted by Gasteiger charge is 2.26. The van der Waals surface area contributed by atoms with Gasteiger partial charge in [0.05, 0.1) is 11.6 Å². The van der Waals surface area contributed by atoms with Crippen molar-refractivity contribution in [2.75, 3.05) is 25.0 Å². The molecule has 0 spiro atoms. The Morgan fingerprint density at radius 1 is 1.50 bits per heavy atom. The Labute approximate surface area is 109 Å². The van der Waals surface area contributed by atoms with E-state index in [2.05, 4.69) is 29.7 Å². The molecule has 0 amide bonds. The third kappa shape index (κ3) is 3.02. The Morgan fingerprint density at radius 2 is 2.33 bits per heavy atom. The van der Waals surface area contributed by atoms with Crippen molar-refractivity contribution in [1.29, 1.82) is 5.26 Å². The summed E-state index contributed by atoms with van der Waals surface area (Å²) in [6, 6.07) is 8.13. The summed E-state index contributed by atoms with van der Waals surface area (Å²) < 4.78 is 0. The molecule has 1 aliphatic rings. The zero-order valence-corrected chi connectivity index (χ0v) is 11.2. The molecule has 0 saturated carbocycles. The fraction of sp³-hybridized carbons (Fsp3) is 0.533. The maximum atomic E-state index is 8.91. The van der Waals surface area contributed by atoms with E-state index in [9.17, 15) is 0 Å². The largest absolute Gasteiger partial charge is 0.384 e. The molecule has 3 nitrogen and oxygen atoms in total. The Balaban J connectivity index is 1.98. The van der Waals surface area contributed by atoms with Crippen LogP contribution in [0.4, 0.5) is 5.69 Å². The van der Waals surface area contributed by atoms with Crippen LogP contribution in [0.3, 0.4) is 0 Å². The van der Waals surface area contributed by atoms with E-state index in [1.54, 1.807) is 0 Å². The molecular weight excluding hydrogens is 222 g/mol. The molecule has 1 aromatic rings. The lowest BCUT2D eigenvalue weighted by atomic mass is 9.83. The number of nitriles is 1. The van der Waals surface area contributed by atoms with E-state index < -0.39 is 0 Å². The minimum absolute atomic E-state index is 0.333. The third-order valence-electron chi connectivity index (χ3n) is 3.75. The lowest BCUT2D eigenvalue weighted by Gasteiger charge is -2.34. The summed E-state index contributed by atoms with van der Waals surface area (Å²) in [7, 11) is 0. The highest BCUT2D eigenvalue weighted by Crippen LogP contribution is 2.26. The molecule has 2 N–H and O–H groups in total. The molecule has 1 heterocycles. The van der Waals surface area contributed by atoms with Gasteiger partial charge in [-0.3, -0.25) is 0 Å². The smallest absolute Gasteiger partial charge is 0.0994 e. The van der Waals surface area contributed by atoms with Crippen LogP contribution in [-0.2, 0) is 0 Å². The van der Waals surface area contributed by atoms with Gasteiger partial charge in [0.2, 0.25) is 0 Å². The second kappa shape index (κ2) is 5.41. The molecule has 0 bridgehead atoms. The summed E-state index contributed by atoms with van der Waals surface area (Å²) in [5, 5.41) is 15.9. The van der Waals surface area contributed by atoms with Gasteiger partial charge < -0.3 is 10.6 Å².